The Hall–Kier alpha value is -4.31. The summed E-state index contributed by atoms with van der Waals surface area (Å²) in [5, 5.41) is 45.2. The van der Waals surface area contributed by atoms with Crippen molar-refractivity contribution < 1.29 is 34.6 Å². The summed E-state index contributed by atoms with van der Waals surface area (Å²) in [5.74, 6) is 0.614. The average molecular weight is 559 g/mol. The third kappa shape index (κ3) is 6.22. The van der Waals surface area contributed by atoms with Gasteiger partial charge in [-0.2, -0.15) is 0 Å². The molecule has 4 aromatic rings. The summed E-state index contributed by atoms with van der Waals surface area (Å²) in [4.78, 5) is 0. The van der Waals surface area contributed by atoms with E-state index in [0.717, 1.165) is 33.7 Å². The van der Waals surface area contributed by atoms with Crippen LogP contribution in [0.3, 0.4) is 0 Å². The molecule has 0 radical (unpaired) electrons. The van der Waals surface area contributed by atoms with Crippen LogP contribution in [-0.2, 0) is 17.8 Å². The maximum Gasteiger partial charge on any atom is 0.271 e. The van der Waals surface area contributed by atoms with Crippen LogP contribution < -0.4 is 9.47 Å². The molecule has 9 heteroatoms. The number of aliphatic hydroxyl groups excluding tert-OH is 4. The number of nitrogens with zero attached hydrogens (tertiary/aromatic N) is 2. The van der Waals surface area contributed by atoms with Crippen molar-refractivity contribution in [1.29, 1.82) is 0 Å². The molecule has 1 fully saturated rings. The van der Waals surface area contributed by atoms with Crippen LogP contribution in [-0.4, -0.2) is 54.8 Å². The molecule has 0 saturated carbocycles. The van der Waals surface area contributed by atoms with Crippen LogP contribution in [0.15, 0.2) is 97.0 Å². The van der Waals surface area contributed by atoms with Crippen molar-refractivity contribution >= 4 is 0 Å². The number of ether oxygens (including phenoxy) is 3. The molecule has 2 heterocycles. The topological polar surface area (TPSA) is 126 Å². The molecule has 1 aromatic heterocycles. The van der Waals surface area contributed by atoms with Gasteiger partial charge >= 0.3 is 0 Å². The molecule has 214 valence electrons. The van der Waals surface area contributed by atoms with Gasteiger partial charge in [-0.05, 0) is 49.2 Å². The summed E-state index contributed by atoms with van der Waals surface area (Å²) >= 11 is 0. The maximum atomic E-state index is 10.6. The molecule has 0 aliphatic carbocycles. The third-order valence-corrected chi connectivity index (χ3v) is 6.91. The zero-order valence-electron chi connectivity index (χ0n) is 22.9. The monoisotopic (exact) mass is 558 g/mol. The van der Waals surface area contributed by atoms with E-state index < -0.39 is 24.6 Å². The van der Waals surface area contributed by atoms with Gasteiger partial charge in [0.1, 0.15) is 30.8 Å². The molecule has 1 unspecified atom stereocenters. The van der Waals surface area contributed by atoms with E-state index in [2.05, 4.69) is 0 Å². The molecule has 9 nitrogen and oxygen atoms in total. The number of aromatic nitrogens is 2. The Kier molecular flexibility index (Phi) is 8.58. The second kappa shape index (κ2) is 12.5. The van der Waals surface area contributed by atoms with Gasteiger partial charge in [0, 0.05) is 23.6 Å². The number of hydrogen-bond acceptors (Lipinski definition) is 8. The molecule has 3 aromatic carbocycles. The van der Waals surface area contributed by atoms with Crippen LogP contribution in [0.1, 0.15) is 36.6 Å². The van der Waals surface area contributed by atoms with E-state index in [1.165, 1.54) is 0 Å². The molecular weight excluding hydrogens is 524 g/mol. The zero-order chi connectivity index (χ0) is 28.9. The van der Waals surface area contributed by atoms with E-state index in [4.69, 9.17) is 19.3 Å². The van der Waals surface area contributed by atoms with Gasteiger partial charge in [0.2, 0.25) is 5.88 Å². The molecule has 4 N–H and O–H groups in total. The van der Waals surface area contributed by atoms with Crippen LogP contribution in [0.5, 0.6) is 11.6 Å². The quantitative estimate of drug-likeness (QED) is 0.221. The first-order valence-corrected chi connectivity index (χ1v) is 13.5. The lowest BCUT2D eigenvalue weighted by Crippen LogP contribution is -2.53. The van der Waals surface area contributed by atoms with E-state index in [-0.39, 0.29) is 17.7 Å². The highest BCUT2D eigenvalue weighted by Crippen LogP contribution is 2.37. The van der Waals surface area contributed by atoms with Crippen molar-refractivity contribution in [2.45, 2.75) is 57.5 Å². The second-order valence-corrected chi connectivity index (χ2v) is 10.2. The number of rotatable bonds is 9. The van der Waals surface area contributed by atoms with Crippen LogP contribution >= 0.6 is 0 Å². The van der Waals surface area contributed by atoms with Crippen molar-refractivity contribution in [3.05, 3.63) is 114 Å². The SMILES string of the molecule is CC(C)n1nc(OC2O/C(=C/O)[C@@H](O)[C@H](O)[C@H]2O)c(Cc2ccccc2)c1-c1ccc(OCc2ccccc2)cc1. The fourth-order valence-electron chi connectivity index (χ4n) is 4.73. The van der Waals surface area contributed by atoms with Crippen molar-refractivity contribution in [3.63, 3.8) is 0 Å². The van der Waals surface area contributed by atoms with Crippen molar-refractivity contribution in [2.24, 2.45) is 0 Å². The predicted octanol–water partition coefficient (Wildman–Crippen LogP) is 4.52. The largest absolute Gasteiger partial charge is 0.512 e. The average Bonchev–Trinajstić information content (AvgIpc) is 3.35. The summed E-state index contributed by atoms with van der Waals surface area (Å²) in [6, 6.07) is 27.5. The Balaban J connectivity index is 1.50. The first-order valence-electron chi connectivity index (χ1n) is 13.5. The molecular formula is C32H34N2O7. The van der Waals surface area contributed by atoms with Crippen molar-refractivity contribution in [2.75, 3.05) is 0 Å². The Morgan fingerprint density at radius 2 is 1.51 bits per heavy atom. The lowest BCUT2D eigenvalue weighted by atomic mass is 10.00. The van der Waals surface area contributed by atoms with Crippen molar-refractivity contribution in [3.8, 4) is 22.9 Å². The minimum Gasteiger partial charge on any atom is -0.512 e. The summed E-state index contributed by atoms with van der Waals surface area (Å²) in [5.41, 5.74) is 4.54. The van der Waals surface area contributed by atoms with Gasteiger partial charge in [0.25, 0.3) is 6.29 Å². The fourth-order valence-corrected chi connectivity index (χ4v) is 4.73. The van der Waals surface area contributed by atoms with E-state index >= 15 is 0 Å². The predicted molar refractivity (Wildman–Crippen MR) is 152 cm³/mol. The summed E-state index contributed by atoms with van der Waals surface area (Å²) < 4.78 is 19.4. The number of benzene rings is 3. The molecule has 4 atom stereocenters. The molecule has 41 heavy (non-hydrogen) atoms. The minimum absolute atomic E-state index is 0.0524. The lowest BCUT2D eigenvalue weighted by Gasteiger charge is -2.36. The Morgan fingerprint density at radius 1 is 0.878 bits per heavy atom. The number of hydrogen-bond donors (Lipinski definition) is 4. The highest BCUT2D eigenvalue weighted by atomic mass is 16.7. The second-order valence-electron chi connectivity index (χ2n) is 10.2. The normalized spacial score (nSPS) is 21.6. The Labute approximate surface area is 238 Å². The minimum atomic E-state index is -1.63. The Morgan fingerprint density at radius 3 is 2.12 bits per heavy atom. The molecule has 5 rings (SSSR count). The van der Waals surface area contributed by atoms with Gasteiger partial charge in [-0.15, -0.1) is 5.10 Å². The summed E-state index contributed by atoms with van der Waals surface area (Å²) in [6.07, 6.45) is -5.22. The molecule has 0 spiro atoms. The lowest BCUT2D eigenvalue weighted by molar-refractivity contribution is -0.216. The molecule has 0 bridgehead atoms. The van der Waals surface area contributed by atoms with Gasteiger partial charge in [-0.25, -0.2) is 0 Å². The summed E-state index contributed by atoms with van der Waals surface area (Å²) in [6.45, 7) is 4.46. The first-order chi connectivity index (χ1) is 19.9. The standard InChI is InChI=1S/C32H34N2O7/c1-20(2)34-27(23-13-15-24(16-14-23)39-19-22-11-7-4-8-12-22)25(17-21-9-5-3-6-10-21)31(33-34)41-32-30(38)29(37)28(36)26(18-35)40-32/h3-16,18,20,28-30,32,35-38H,17,19H2,1-2H3/b26-18+/t28-,29+,30-,32?/m1/s1. The molecule has 0 amide bonds. The van der Waals surface area contributed by atoms with Crippen LogP contribution in [0.25, 0.3) is 11.3 Å². The smallest absolute Gasteiger partial charge is 0.271 e. The van der Waals surface area contributed by atoms with Crippen molar-refractivity contribution in [1.82, 2.24) is 9.78 Å². The highest BCUT2D eigenvalue weighted by molar-refractivity contribution is 5.68. The van der Waals surface area contributed by atoms with E-state index in [0.29, 0.717) is 19.3 Å². The third-order valence-electron chi connectivity index (χ3n) is 6.91. The van der Waals surface area contributed by atoms with Gasteiger partial charge in [-0.3, -0.25) is 4.68 Å². The zero-order valence-corrected chi connectivity index (χ0v) is 22.9. The van der Waals surface area contributed by atoms with Gasteiger partial charge in [0.05, 0.1) is 5.69 Å². The Bertz CT molecular complexity index is 1450. The fraction of sp³-hybridized carbons (Fsp3) is 0.281. The first kappa shape index (κ1) is 28.2. The van der Waals surface area contributed by atoms with Gasteiger partial charge in [-0.1, -0.05) is 60.7 Å². The van der Waals surface area contributed by atoms with E-state index in [1.807, 2.05) is 103 Å². The van der Waals surface area contributed by atoms with Crippen LogP contribution in [0.2, 0.25) is 0 Å². The highest BCUT2D eigenvalue weighted by Gasteiger charge is 2.44. The van der Waals surface area contributed by atoms with Gasteiger partial charge < -0.3 is 34.6 Å². The maximum absolute atomic E-state index is 10.6. The number of aliphatic hydroxyl groups is 4. The van der Waals surface area contributed by atoms with E-state index in [9.17, 15) is 20.4 Å². The van der Waals surface area contributed by atoms with Crippen LogP contribution in [0, 0.1) is 0 Å². The van der Waals surface area contributed by atoms with Crippen LogP contribution in [0.4, 0.5) is 0 Å². The molecule has 1 aliphatic heterocycles. The molecule has 1 aliphatic rings. The van der Waals surface area contributed by atoms with Gasteiger partial charge in [0.15, 0.2) is 11.9 Å². The molecule has 1 saturated heterocycles. The van der Waals surface area contributed by atoms with E-state index in [1.54, 1.807) is 0 Å². The summed E-state index contributed by atoms with van der Waals surface area (Å²) in [7, 11) is 0.